The van der Waals surface area contributed by atoms with Crippen molar-refractivity contribution in [2.45, 2.75) is 38.9 Å². The average Bonchev–Trinajstić information content (AvgIpc) is 3.29. The average molecular weight is 375 g/mol. The van der Waals surface area contributed by atoms with Gasteiger partial charge in [0.15, 0.2) is 0 Å². The maximum Gasteiger partial charge on any atom is 0.137 e. The normalized spacial score (nSPS) is 15.6. The lowest BCUT2D eigenvalue weighted by Gasteiger charge is -2.11. The fraction of sp³-hybridized carbons (Fsp3) is 0.261. The van der Waals surface area contributed by atoms with Crippen LogP contribution in [0.4, 0.5) is 0 Å². The van der Waals surface area contributed by atoms with Gasteiger partial charge in [-0.1, -0.05) is 24.3 Å². The Balaban J connectivity index is 1.69. The highest BCUT2D eigenvalue weighted by atomic mass is 32.1. The summed E-state index contributed by atoms with van der Waals surface area (Å²) < 4.78 is 5.72. The maximum absolute atomic E-state index is 10.1. The van der Waals surface area contributed by atoms with E-state index >= 15 is 0 Å². The van der Waals surface area contributed by atoms with Crippen molar-refractivity contribution in [3.8, 4) is 33.4 Å². The van der Waals surface area contributed by atoms with Crippen LogP contribution in [-0.2, 0) is 6.42 Å². The predicted octanol–water partition coefficient (Wildman–Crippen LogP) is 5.72. The highest BCUT2D eigenvalue weighted by Gasteiger charge is 2.23. The Morgan fingerprint density at radius 2 is 2.04 bits per heavy atom. The second-order valence-corrected chi connectivity index (χ2v) is 8.03. The summed E-state index contributed by atoms with van der Waals surface area (Å²) in [7, 11) is 0. The Bertz CT molecular complexity index is 1030. The summed E-state index contributed by atoms with van der Waals surface area (Å²) in [6, 6.07) is 16.4. The van der Waals surface area contributed by atoms with Crippen LogP contribution in [0.2, 0.25) is 0 Å². The Labute approximate surface area is 163 Å². The lowest BCUT2D eigenvalue weighted by Crippen LogP contribution is -2.06. The van der Waals surface area contributed by atoms with Gasteiger partial charge in [0.25, 0.3) is 0 Å². The van der Waals surface area contributed by atoms with Crippen LogP contribution in [-0.4, -0.2) is 11.2 Å². The molecule has 2 aromatic carbocycles. The van der Waals surface area contributed by atoms with E-state index in [2.05, 4.69) is 23.6 Å². The molecule has 3 aromatic rings. The third-order valence-corrected chi connectivity index (χ3v) is 5.86. The van der Waals surface area contributed by atoms with E-state index in [1.807, 2.05) is 44.2 Å². The second-order valence-electron chi connectivity index (χ2n) is 7.12. The van der Waals surface area contributed by atoms with Gasteiger partial charge >= 0.3 is 0 Å². The standard InChI is InChI=1S/C23H21NO2S/c1-14(2)26-22-9-6-15(10-16(22)12-24)17-11-23(27-13-17)20-5-3-4-19-18(20)7-8-21(19)25/h3-6,9-11,13-14,21,25H,7-8H2,1-2H3. The molecule has 4 heteroatoms. The van der Waals surface area contributed by atoms with Crippen LogP contribution in [0.5, 0.6) is 5.75 Å². The zero-order chi connectivity index (χ0) is 19.0. The molecule has 0 amide bonds. The number of aliphatic hydroxyl groups is 1. The molecule has 0 radical (unpaired) electrons. The molecule has 4 rings (SSSR count). The smallest absolute Gasteiger partial charge is 0.137 e. The molecule has 0 saturated carbocycles. The minimum atomic E-state index is -0.342. The molecule has 1 heterocycles. The van der Waals surface area contributed by atoms with Crippen LogP contribution in [0, 0.1) is 11.3 Å². The molecule has 0 bridgehead atoms. The first kappa shape index (κ1) is 17.8. The number of ether oxygens (including phenoxy) is 1. The molecular weight excluding hydrogens is 354 g/mol. The molecule has 1 atom stereocenters. The first-order chi connectivity index (χ1) is 13.1. The van der Waals surface area contributed by atoms with Crippen molar-refractivity contribution in [1.82, 2.24) is 0 Å². The van der Waals surface area contributed by atoms with Gasteiger partial charge < -0.3 is 9.84 Å². The van der Waals surface area contributed by atoms with E-state index in [0.29, 0.717) is 11.3 Å². The molecule has 1 unspecified atom stereocenters. The number of aliphatic hydroxyl groups excluding tert-OH is 1. The molecule has 0 saturated heterocycles. The first-order valence-corrected chi connectivity index (χ1v) is 10.0. The zero-order valence-electron chi connectivity index (χ0n) is 15.4. The Hall–Kier alpha value is -2.61. The van der Waals surface area contributed by atoms with Gasteiger partial charge in [-0.25, -0.2) is 0 Å². The monoisotopic (exact) mass is 375 g/mol. The predicted molar refractivity (Wildman–Crippen MR) is 109 cm³/mol. The van der Waals surface area contributed by atoms with Crippen LogP contribution in [0.15, 0.2) is 47.8 Å². The molecule has 0 aliphatic heterocycles. The molecule has 1 N–H and O–H groups in total. The van der Waals surface area contributed by atoms with E-state index in [1.165, 1.54) is 16.0 Å². The van der Waals surface area contributed by atoms with Crippen molar-refractivity contribution in [2.75, 3.05) is 0 Å². The SMILES string of the molecule is CC(C)Oc1ccc(-c2csc(-c3cccc4c3CCC4O)c2)cc1C#N. The van der Waals surface area contributed by atoms with E-state index in [0.717, 1.165) is 29.5 Å². The largest absolute Gasteiger partial charge is 0.490 e. The van der Waals surface area contributed by atoms with Crippen LogP contribution in [0.25, 0.3) is 21.6 Å². The van der Waals surface area contributed by atoms with E-state index in [9.17, 15) is 10.4 Å². The van der Waals surface area contributed by atoms with Crippen molar-refractivity contribution >= 4 is 11.3 Å². The van der Waals surface area contributed by atoms with Crippen molar-refractivity contribution < 1.29 is 9.84 Å². The fourth-order valence-electron chi connectivity index (χ4n) is 3.65. The van der Waals surface area contributed by atoms with Gasteiger partial charge in [-0.2, -0.15) is 5.26 Å². The molecule has 0 fully saturated rings. The second kappa shape index (κ2) is 7.19. The number of nitriles is 1. The van der Waals surface area contributed by atoms with E-state index in [-0.39, 0.29) is 12.2 Å². The number of benzene rings is 2. The summed E-state index contributed by atoms with van der Waals surface area (Å²) in [6.45, 7) is 3.91. The van der Waals surface area contributed by atoms with Crippen LogP contribution >= 0.6 is 11.3 Å². The number of hydrogen-bond acceptors (Lipinski definition) is 4. The molecule has 3 nitrogen and oxygen atoms in total. The Morgan fingerprint density at radius 3 is 2.81 bits per heavy atom. The number of nitrogens with zero attached hydrogens (tertiary/aromatic N) is 1. The highest BCUT2D eigenvalue weighted by Crippen LogP contribution is 2.41. The molecule has 136 valence electrons. The summed E-state index contributed by atoms with van der Waals surface area (Å²) in [5.74, 6) is 0.626. The van der Waals surface area contributed by atoms with Crippen molar-refractivity contribution in [2.24, 2.45) is 0 Å². The zero-order valence-corrected chi connectivity index (χ0v) is 16.2. The number of fused-ring (bicyclic) bond motifs is 1. The highest BCUT2D eigenvalue weighted by molar-refractivity contribution is 7.14. The van der Waals surface area contributed by atoms with Crippen LogP contribution < -0.4 is 4.74 Å². The van der Waals surface area contributed by atoms with E-state index in [1.54, 1.807) is 11.3 Å². The van der Waals surface area contributed by atoms with Gasteiger partial charge in [-0.05, 0) is 78.1 Å². The lowest BCUT2D eigenvalue weighted by atomic mass is 10.00. The van der Waals surface area contributed by atoms with Crippen LogP contribution in [0.3, 0.4) is 0 Å². The maximum atomic E-state index is 10.1. The third kappa shape index (κ3) is 3.37. The molecule has 0 spiro atoms. The van der Waals surface area contributed by atoms with Gasteiger partial charge in [-0.15, -0.1) is 11.3 Å². The van der Waals surface area contributed by atoms with Crippen molar-refractivity contribution in [3.05, 3.63) is 64.5 Å². The topological polar surface area (TPSA) is 53.2 Å². The van der Waals surface area contributed by atoms with Crippen LogP contribution in [0.1, 0.15) is 43.1 Å². The van der Waals surface area contributed by atoms with Gasteiger partial charge in [0.1, 0.15) is 11.8 Å². The summed E-state index contributed by atoms with van der Waals surface area (Å²) in [6.07, 6.45) is 1.41. The van der Waals surface area contributed by atoms with Gasteiger partial charge in [-0.3, -0.25) is 0 Å². The fourth-order valence-corrected chi connectivity index (χ4v) is 4.62. The summed E-state index contributed by atoms with van der Waals surface area (Å²) >= 11 is 1.70. The Kier molecular flexibility index (Phi) is 4.73. The third-order valence-electron chi connectivity index (χ3n) is 4.90. The molecular formula is C23H21NO2S. The number of rotatable bonds is 4. The van der Waals surface area contributed by atoms with E-state index < -0.39 is 0 Å². The van der Waals surface area contributed by atoms with Gasteiger partial charge in [0.2, 0.25) is 0 Å². The van der Waals surface area contributed by atoms with E-state index in [4.69, 9.17) is 4.74 Å². The summed E-state index contributed by atoms with van der Waals surface area (Å²) in [4.78, 5) is 1.19. The van der Waals surface area contributed by atoms with Gasteiger partial charge in [0, 0.05) is 4.88 Å². The number of hydrogen-bond donors (Lipinski definition) is 1. The molecule has 1 aliphatic rings. The number of thiophene rings is 1. The summed E-state index contributed by atoms with van der Waals surface area (Å²) in [5, 5.41) is 21.7. The molecule has 1 aromatic heterocycles. The minimum Gasteiger partial charge on any atom is -0.490 e. The lowest BCUT2D eigenvalue weighted by molar-refractivity contribution is 0.180. The van der Waals surface area contributed by atoms with Crippen molar-refractivity contribution in [3.63, 3.8) is 0 Å². The molecule has 1 aliphatic carbocycles. The quantitative estimate of drug-likeness (QED) is 0.634. The summed E-state index contributed by atoms with van der Waals surface area (Å²) in [5.41, 5.74) is 6.19. The van der Waals surface area contributed by atoms with Gasteiger partial charge in [0.05, 0.1) is 17.8 Å². The Morgan fingerprint density at radius 1 is 1.19 bits per heavy atom. The molecule has 27 heavy (non-hydrogen) atoms. The minimum absolute atomic E-state index is 0.0335. The van der Waals surface area contributed by atoms with Crippen molar-refractivity contribution in [1.29, 1.82) is 5.26 Å². The first-order valence-electron chi connectivity index (χ1n) is 9.16.